The van der Waals surface area contributed by atoms with Crippen LogP contribution in [-0.4, -0.2) is 27.9 Å². The zero-order valence-corrected chi connectivity index (χ0v) is 11.8. The average Bonchev–Trinajstić information content (AvgIpc) is 2.34. The second-order valence-corrected chi connectivity index (χ2v) is 5.36. The molecule has 1 fully saturated rings. The van der Waals surface area contributed by atoms with Gasteiger partial charge in [0.2, 0.25) is 0 Å². The van der Waals surface area contributed by atoms with Gasteiger partial charge in [0.05, 0.1) is 6.33 Å². The van der Waals surface area contributed by atoms with Crippen LogP contribution in [0.4, 0.5) is 5.82 Å². The number of halogens is 2. The number of nitrogens with one attached hydrogen (secondary N) is 1. The molecule has 0 amide bonds. The second kappa shape index (κ2) is 5.87. The number of anilines is 1. The number of H-pyrrole nitrogens is 1. The van der Waals surface area contributed by atoms with Gasteiger partial charge in [-0.25, -0.2) is 4.98 Å². The summed E-state index contributed by atoms with van der Waals surface area (Å²) in [5.74, 6) is 0.626. The minimum absolute atomic E-state index is 0.203. The van der Waals surface area contributed by atoms with E-state index in [1.54, 1.807) is 0 Å². The Labute approximate surface area is 114 Å². The molecule has 17 heavy (non-hydrogen) atoms. The van der Waals surface area contributed by atoms with Crippen molar-refractivity contribution in [1.82, 2.24) is 9.97 Å². The molecule has 1 atom stereocenters. The van der Waals surface area contributed by atoms with Crippen molar-refractivity contribution >= 4 is 33.3 Å². The lowest BCUT2D eigenvalue weighted by Gasteiger charge is -2.36. The van der Waals surface area contributed by atoms with Crippen molar-refractivity contribution in [3.05, 3.63) is 21.7 Å². The van der Waals surface area contributed by atoms with Gasteiger partial charge < -0.3 is 9.88 Å². The Hall–Kier alpha value is -0.550. The quantitative estimate of drug-likeness (QED) is 0.871. The number of piperidine rings is 1. The first-order valence-electron chi connectivity index (χ1n) is 5.80. The fourth-order valence-electron chi connectivity index (χ4n) is 2.28. The Morgan fingerprint density at radius 2 is 2.41 bits per heavy atom. The molecule has 0 saturated carbocycles. The van der Waals surface area contributed by atoms with Gasteiger partial charge in [-0.15, -0.1) is 0 Å². The summed E-state index contributed by atoms with van der Waals surface area (Å²) in [4.78, 5) is 20.4. The van der Waals surface area contributed by atoms with Gasteiger partial charge in [0.15, 0.2) is 5.82 Å². The van der Waals surface area contributed by atoms with Gasteiger partial charge in [-0.1, -0.05) is 27.5 Å². The third-order valence-electron chi connectivity index (χ3n) is 3.12. The molecule has 1 N–H and O–H groups in total. The molecule has 94 valence electrons. The lowest BCUT2D eigenvalue weighted by molar-refractivity contribution is 0.449. The summed E-state index contributed by atoms with van der Waals surface area (Å²) in [6.45, 7) is 0.924. The van der Waals surface area contributed by atoms with E-state index in [4.69, 9.17) is 11.6 Å². The van der Waals surface area contributed by atoms with E-state index in [0.29, 0.717) is 11.9 Å². The van der Waals surface area contributed by atoms with Crippen LogP contribution in [0.2, 0.25) is 5.02 Å². The molecule has 0 bridgehead atoms. The van der Waals surface area contributed by atoms with E-state index in [1.165, 1.54) is 12.7 Å². The third-order valence-corrected chi connectivity index (χ3v) is 3.92. The van der Waals surface area contributed by atoms with E-state index < -0.39 is 0 Å². The van der Waals surface area contributed by atoms with E-state index in [1.807, 2.05) is 0 Å². The van der Waals surface area contributed by atoms with Crippen LogP contribution >= 0.6 is 27.5 Å². The standard InChI is InChI=1S/C11H15BrClN3O/c12-5-4-8-3-1-2-6-16(8)10-9(13)11(17)15-7-14-10/h7-8H,1-6H2,(H,14,15,17). The molecule has 0 aliphatic carbocycles. The monoisotopic (exact) mass is 319 g/mol. The molecule has 0 aromatic carbocycles. The molecule has 2 heterocycles. The largest absolute Gasteiger partial charge is 0.352 e. The summed E-state index contributed by atoms with van der Waals surface area (Å²) in [7, 11) is 0. The SMILES string of the molecule is O=c1[nH]cnc(N2CCCCC2CCBr)c1Cl. The molecule has 1 aromatic heterocycles. The third kappa shape index (κ3) is 2.83. The highest BCUT2D eigenvalue weighted by molar-refractivity contribution is 9.09. The summed E-state index contributed by atoms with van der Waals surface area (Å²) in [6.07, 6.45) is 5.96. The van der Waals surface area contributed by atoms with Crippen LogP contribution in [0, 0.1) is 0 Å². The first-order valence-corrected chi connectivity index (χ1v) is 7.29. The highest BCUT2D eigenvalue weighted by Gasteiger charge is 2.25. The molecule has 4 nitrogen and oxygen atoms in total. The molecule has 0 spiro atoms. The van der Waals surface area contributed by atoms with Gasteiger partial charge in [0, 0.05) is 17.9 Å². The Kier molecular flexibility index (Phi) is 4.45. The minimum Gasteiger partial charge on any atom is -0.352 e. The van der Waals surface area contributed by atoms with Crippen molar-refractivity contribution in [2.75, 3.05) is 16.8 Å². The number of hydrogen-bond donors (Lipinski definition) is 1. The van der Waals surface area contributed by atoms with Crippen LogP contribution in [0.3, 0.4) is 0 Å². The Bertz CT molecular complexity index is 435. The van der Waals surface area contributed by atoms with Gasteiger partial charge >= 0.3 is 0 Å². The van der Waals surface area contributed by atoms with Gasteiger partial charge in [0.1, 0.15) is 5.02 Å². The molecule has 6 heteroatoms. The maximum absolute atomic E-state index is 11.5. The van der Waals surface area contributed by atoms with E-state index in [9.17, 15) is 4.79 Å². The van der Waals surface area contributed by atoms with Crippen molar-refractivity contribution in [1.29, 1.82) is 0 Å². The lowest BCUT2D eigenvalue weighted by atomic mass is 10.00. The normalized spacial score (nSPS) is 20.6. The van der Waals surface area contributed by atoms with E-state index in [2.05, 4.69) is 30.8 Å². The van der Waals surface area contributed by atoms with E-state index in [0.717, 1.165) is 31.1 Å². The summed E-state index contributed by atoms with van der Waals surface area (Å²) < 4.78 is 0. The van der Waals surface area contributed by atoms with Gasteiger partial charge in [-0.05, 0) is 25.7 Å². The van der Waals surface area contributed by atoms with Crippen LogP contribution in [0.5, 0.6) is 0 Å². The number of rotatable bonds is 3. The molecule has 2 rings (SSSR count). The Balaban J connectivity index is 2.29. The topological polar surface area (TPSA) is 49.0 Å². The van der Waals surface area contributed by atoms with Crippen molar-refractivity contribution in [3.8, 4) is 0 Å². The van der Waals surface area contributed by atoms with Gasteiger partial charge in [-0.2, -0.15) is 0 Å². The summed E-state index contributed by atoms with van der Waals surface area (Å²) in [5.41, 5.74) is -0.264. The van der Waals surface area contributed by atoms with Gasteiger partial charge in [0.25, 0.3) is 5.56 Å². The van der Waals surface area contributed by atoms with Crippen LogP contribution < -0.4 is 10.5 Å². The van der Waals surface area contributed by atoms with Crippen molar-refractivity contribution < 1.29 is 0 Å². The number of aromatic nitrogens is 2. The molecule has 1 unspecified atom stereocenters. The van der Waals surface area contributed by atoms with Crippen molar-refractivity contribution in [3.63, 3.8) is 0 Å². The molecule has 1 aliphatic rings. The molecular weight excluding hydrogens is 305 g/mol. The number of alkyl halides is 1. The molecule has 1 aliphatic heterocycles. The van der Waals surface area contributed by atoms with E-state index >= 15 is 0 Å². The maximum atomic E-state index is 11.5. The summed E-state index contributed by atoms with van der Waals surface area (Å²) in [6, 6.07) is 0.426. The molecule has 1 saturated heterocycles. The smallest absolute Gasteiger partial charge is 0.271 e. The fraction of sp³-hybridized carbons (Fsp3) is 0.636. The second-order valence-electron chi connectivity index (χ2n) is 4.19. The maximum Gasteiger partial charge on any atom is 0.271 e. The summed E-state index contributed by atoms with van der Waals surface area (Å²) in [5, 5.41) is 1.16. The molecular formula is C11H15BrClN3O. The molecule has 0 radical (unpaired) electrons. The van der Waals surface area contributed by atoms with Gasteiger partial charge in [-0.3, -0.25) is 4.79 Å². The Morgan fingerprint density at radius 1 is 1.59 bits per heavy atom. The first-order chi connectivity index (χ1) is 8.24. The van der Waals surface area contributed by atoms with Crippen molar-refractivity contribution in [2.45, 2.75) is 31.7 Å². The highest BCUT2D eigenvalue weighted by atomic mass is 79.9. The number of nitrogens with zero attached hydrogens (tertiary/aromatic N) is 2. The number of aromatic amines is 1. The van der Waals surface area contributed by atoms with Crippen LogP contribution in [0.15, 0.2) is 11.1 Å². The first kappa shape index (κ1) is 12.9. The Morgan fingerprint density at radius 3 is 3.18 bits per heavy atom. The van der Waals surface area contributed by atoms with E-state index in [-0.39, 0.29) is 10.6 Å². The lowest BCUT2D eigenvalue weighted by Crippen LogP contribution is -2.41. The zero-order valence-electron chi connectivity index (χ0n) is 9.46. The highest BCUT2D eigenvalue weighted by Crippen LogP contribution is 2.28. The predicted octanol–water partition coefficient (Wildman–Crippen LogP) is 2.57. The number of hydrogen-bond acceptors (Lipinski definition) is 3. The van der Waals surface area contributed by atoms with Crippen LogP contribution in [0.1, 0.15) is 25.7 Å². The fourth-order valence-corrected chi connectivity index (χ4v) is 3.02. The van der Waals surface area contributed by atoms with Crippen molar-refractivity contribution in [2.24, 2.45) is 0 Å². The zero-order chi connectivity index (χ0) is 12.3. The predicted molar refractivity (Wildman–Crippen MR) is 73.3 cm³/mol. The summed E-state index contributed by atoms with van der Waals surface area (Å²) >= 11 is 9.50. The minimum atomic E-state index is -0.264. The van der Waals surface area contributed by atoms with Crippen LogP contribution in [-0.2, 0) is 0 Å². The average molecular weight is 321 g/mol. The van der Waals surface area contributed by atoms with Crippen LogP contribution in [0.25, 0.3) is 0 Å². The molecule has 1 aromatic rings.